The predicted molar refractivity (Wildman–Crippen MR) is 68.8 cm³/mol. The summed E-state index contributed by atoms with van der Waals surface area (Å²) < 4.78 is 0. The van der Waals surface area contributed by atoms with Gasteiger partial charge in [-0.05, 0) is 43.5 Å². The summed E-state index contributed by atoms with van der Waals surface area (Å²) in [6.07, 6.45) is 3.47. The van der Waals surface area contributed by atoms with Crippen molar-refractivity contribution in [2.24, 2.45) is 5.73 Å². The van der Waals surface area contributed by atoms with Crippen LogP contribution in [0.25, 0.3) is 0 Å². The van der Waals surface area contributed by atoms with Crippen molar-refractivity contribution >= 4 is 11.6 Å². The van der Waals surface area contributed by atoms with Crippen LogP contribution in [0.5, 0.6) is 0 Å². The van der Waals surface area contributed by atoms with Crippen molar-refractivity contribution < 1.29 is 0 Å². The molecule has 0 saturated carbocycles. The predicted octanol–water partition coefficient (Wildman–Crippen LogP) is 2.31. The third-order valence-electron chi connectivity index (χ3n) is 3.15. The van der Waals surface area contributed by atoms with Crippen LogP contribution in [-0.4, -0.2) is 30.6 Å². The fraction of sp³-hybridized carbons (Fsp3) is 0.538. The van der Waals surface area contributed by atoms with Gasteiger partial charge < -0.3 is 10.6 Å². The van der Waals surface area contributed by atoms with Crippen molar-refractivity contribution in [1.82, 2.24) is 4.90 Å². The monoisotopic (exact) mass is 238 g/mol. The van der Waals surface area contributed by atoms with Gasteiger partial charge in [0.25, 0.3) is 0 Å². The van der Waals surface area contributed by atoms with Crippen molar-refractivity contribution in [2.45, 2.75) is 25.3 Å². The third-order valence-corrected chi connectivity index (χ3v) is 3.38. The quantitative estimate of drug-likeness (QED) is 0.876. The average molecular weight is 239 g/mol. The minimum Gasteiger partial charge on any atom is -0.327 e. The van der Waals surface area contributed by atoms with Crippen LogP contribution in [0.1, 0.15) is 18.4 Å². The van der Waals surface area contributed by atoms with Crippen molar-refractivity contribution in [3.05, 3.63) is 34.9 Å². The highest BCUT2D eigenvalue weighted by Crippen LogP contribution is 2.13. The lowest BCUT2D eigenvalue weighted by Gasteiger charge is -2.30. The fourth-order valence-electron chi connectivity index (χ4n) is 2.27. The molecule has 2 nitrogen and oxygen atoms in total. The molecule has 88 valence electrons. The van der Waals surface area contributed by atoms with E-state index in [2.05, 4.69) is 11.0 Å². The zero-order valence-electron chi connectivity index (χ0n) is 9.53. The largest absolute Gasteiger partial charge is 0.327 e. The van der Waals surface area contributed by atoms with Crippen LogP contribution in [0.3, 0.4) is 0 Å². The molecular formula is C13H19ClN2. The minimum absolute atomic E-state index is 0.369. The Morgan fingerprint density at radius 3 is 3.06 bits per heavy atom. The zero-order chi connectivity index (χ0) is 11.4. The van der Waals surface area contributed by atoms with E-state index in [0.717, 1.165) is 24.5 Å². The lowest BCUT2D eigenvalue weighted by molar-refractivity contribution is 0.211. The summed E-state index contributed by atoms with van der Waals surface area (Å²) in [5.74, 6) is 0. The highest BCUT2D eigenvalue weighted by Gasteiger charge is 2.15. The van der Waals surface area contributed by atoms with Crippen LogP contribution < -0.4 is 5.73 Å². The molecule has 0 amide bonds. The highest BCUT2D eigenvalue weighted by molar-refractivity contribution is 6.30. The van der Waals surface area contributed by atoms with Gasteiger partial charge in [0, 0.05) is 24.2 Å². The first-order valence-corrected chi connectivity index (χ1v) is 6.34. The SMILES string of the molecule is NC1CCCN(CCc2cccc(Cl)c2)C1. The van der Waals surface area contributed by atoms with Gasteiger partial charge in [0.15, 0.2) is 0 Å². The molecule has 1 atom stereocenters. The van der Waals surface area contributed by atoms with Gasteiger partial charge in [-0.1, -0.05) is 23.7 Å². The van der Waals surface area contributed by atoms with E-state index in [1.165, 1.54) is 24.9 Å². The Morgan fingerprint density at radius 1 is 1.44 bits per heavy atom. The molecule has 0 radical (unpaired) electrons. The second-order valence-electron chi connectivity index (χ2n) is 4.58. The maximum Gasteiger partial charge on any atom is 0.0408 e. The number of likely N-dealkylation sites (tertiary alicyclic amines) is 1. The summed E-state index contributed by atoms with van der Waals surface area (Å²) in [7, 11) is 0. The number of piperidine rings is 1. The van der Waals surface area contributed by atoms with Gasteiger partial charge in [-0.25, -0.2) is 0 Å². The summed E-state index contributed by atoms with van der Waals surface area (Å²) in [5.41, 5.74) is 7.27. The van der Waals surface area contributed by atoms with Crippen LogP contribution in [-0.2, 0) is 6.42 Å². The molecule has 0 aliphatic carbocycles. The van der Waals surface area contributed by atoms with E-state index >= 15 is 0 Å². The summed E-state index contributed by atoms with van der Waals surface area (Å²) >= 11 is 5.96. The van der Waals surface area contributed by atoms with Crippen molar-refractivity contribution in [3.8, 4) is 0 Å². The van der Waals surface area contributed by atoms with Gasteiger partial charge in [-0.3, -0.25) is 0 Å². The van der Waals surface area contributed by atoms with E-state index in [0.29, 0.717) is 6.04 Å². The molecule has 16 heavy (non-hydrogen) atoms. The van der Waals surface area contributed by atoms with Crippen LogP contribution in [0, 0.1) is 0 Å². The summed E-state index contributed by atoms with van der Waals surface area (Å²) in [6.45, 7) is 3.32. The molecule has 2 N–H and O–H groups in total. The van der Waals surface area contributed by atoms with E-state index in [1.807, 2.05) is 18.2 Å². The van der Waals surface area contributed by atoms with Crippen LogP contribution in [0.15, 0.2) is 24.3 Å². The maximum atomic E-state index is 5.96. The number of halogens is 1. The molecule has 3 heteroatoms. The Hall–Kier alpha value is -0.570. The second kappa shape index (κ2) is 5.67. The fourth-order valence-corrected chi connectivity index (χ4v) is 2.49. The number of hydrogen-bond acceptors (Lipinski definition) is 2. The number of rotatable bonds is 3. The van der Waals surface area contributed by atoms with E-state index in [4.69, 9.17) is 17.3 Å². The molecule has 1 aromatic rings. The topological polar surface area (TPSA) is 29.3 Å². The normalized spacial score (nSPS) is 22.2. The molecule has 1 heterocycles. The first-order chi connectivity index (χ1) is 7.74. The minimum atomic E-state index is 0.369. The molecule has 1 aliphatic heterocycles. The molecule has 1 unspecified atom stereocenters. The molecule has 0 aromatic heterocycles. The van der Waals surface area contributed by atoms with Crippen molar-refractivity contribution in [3.63, 3.8) is 0 Å². The molecule has 2 rings (SSSR count). The van der Waals surface area contributed by atoms with Crippen LogP contribution in [0.2, 0.25) is 5.02 Å². The third kappa shape index (κ3) is 3.48. The maximum absolute atomic E-state index is 5.96. The number of nitrogens with zero attached hydrogens (tertiary/aromatic N) is 1. The Kier molecular flexibility index (Phi) is 4.22. The van der Waals surface area contributed by atoms with Gasteiger partial charge in [-0.2, -0.15) is 0 Å². The van der Waals surface area contributed by atoms with Crippen molar-refractivity contribution in [1.29, 1.82) is 0 Å². The van der Waals surface area contributed by atoms with Crippen molar-refractivity contribution in [2.75, 3.05) is 19.6 Å². The summed E-state index contributed by atoms with van der Waals surface area (Å²) in [4.78, 5) is 2.45. The zero-order valence-corrected chi connectivity index (χ0v) is 10.3. The van der Waals surface area contributed by atoms with Gasteiger partial charge >= 0.3 is 0 Å². The summed E-state index contributed by atoms with van der Waals surface area (Å²) in [6, 6.07) is 8.48. The van der Waals surface area contributed by atoms with Crippen LogP contribution in [0.4, 0.5) is 0 Å². The first kappa shape index (κ1) is 11.9. The summed E-state index contributed by atoms with van der Waals surface area (Å²) in [5, 5.41) is 0.827. The highest BCUT2D eigenvalue weighted by atomic mass is 35.5. The number of hydrogen-bond donors (Lipinski definition) is 1. The average Bonchev–Trinajstić information content (AvgIpc) is 2.27. The lowest BCUT2D eigenvalue weighted by Crippen LogP contribution is -2.43. The Balaban J connectivity index is 1.82. The molecule has 1 fully saturated rings. The van der Waals surface area contributed by atoms with Gasteiger partial charge in [0.1, 0.15) is 0 Å². The van der Waals surface area contributed by atoms with Crippen LogP contribution >= 0.6 is 11.6 Å². The Morgan fingerprint density at radius 2 is 2.31 bits per heavy atom. The number of nitrogens with two attached hydrogens (primary N) is 1. The van der Waals surface area contributed by atoms with E-state index < -0.39 is 0 Å². The molecular weight excluding hydrogens is 220 g/mol. The molecule has 1 saturated heterocycles. The van der Waals surface area contributed by atoms with Gasteiger partial charge in [0.05, 0.1) is 0 Å². The molecule has 0 spiro atoms. The van der Waals surface area contributed by atoms with Gasteiger partial charge in [0.2, 0.25) is 0 Å². The molecule has 0 bridgehead atoms. The Labute approximate surface area is 102 Å². The standard InChI is InChI=1S/C13H19ClN2/c14-12-4-1-3-11(9-12)6-8-16-7-2-5-13(15)10-16/h1,3-4,9,13H,2,5-8,10,15H2. The second-order valence-corrected chi connectivity index (χ2v) is 5.02. The van der Waals surface area contributed by atoms with E-state index in [1.54, 1.807) is 0 Å². The number of benzene rings is 1. The first-order valence-electron chi connectivity index (χ1n) is 5.96. The van der Waals surface area contributed by atoms with Gasteiger partial charge in [-0.15, -0.1) is 0 Å². The Bertz CT molecular complexity index is 340. The molecule has 1 aromatic carbocycles. The van der Waals surface area contributed by atoms with E-state index in [9.17, 15) is 0 Å². The lowest BCUT2D eigenvalue weighted by atomic mass is 10.1. The smallest absolute Gasteiger partial charge is 0.0408 e. The van der Waals surface area contributed by atoms with E-state index in [-0.39, 0.29) is 0 Å². The molecule has 1 aliphatic rings.